The van der Waals surface area contributed by atoms with Crippen LogP contribution in [-0.2, 0) is 27.5 Å². The van der Waals surface area contributed by atoms with Crippen molar-refractivity contribution >= 4 is 32.0 Å². The van der Waals surface area contributed by atoms with Gasteiger partial charge in [-0.3, -0.25) is 8.42 Å². The fraction of sp³-hybridized carbons (Fsp3) is 0. The number of rotatable bonds is 3. The molecule has 0 saturated heterocycles. The first kappa shape index (κ1) is 21.0. The van der Waals surface area contributed by atoms with Crippen molar-refractivity contribution in [2.24, 2.45) is 0 Å². The fourth-order valence-electron chi connectivity index (χ4n) is 1.04. The number of pyridine rings is 2. The number of nitrogens with zero attached hydrogens (tertiary/aromatic N) is 2. The maximum atomic E-state index is 11.3. The molecule has 0 bridgehead atoms. The fourth-order valence-corrected chi connectivity index (χ4v) is 3.03. The molecule has 2 aromatic rings. The Balaban J connectivity index is 0.000000644. The van der Waals surface area contributed by atoms with Crippen LogP contribution in [0.15, 0.2) is 58.8 Å². The van der Waals surface area contributed by atoms with Crippen LogP contribution in [0.3, 0.4) is 0 Å². The Morgan fingerprint density at radius 1 is 0.818 bits per heavy atom. The Bertz CT molecular complexity index is 647. The van der Waals surface area contributed by atoms with E-state index in [9.17, 15) is 10.4 Å². The van der Waals surface area contributed by atoms with Crippen LogP contribution >= 0.6 is 21.6 Å². The van der Waals surface area contributed by atoms with Crippen molar-refractivity contribution in [1.82, 2.24) is 0 Å². The molecule has 0 atom stereocenters. The maximum Gasteiger partial charge on any atom is 2.00 e. The monoisotopic (exact) mass is 404 g/mol. The van der Waals surface area contributed by atoms with Gasteiger partial charge in [0, 0.05) is 56.3 Å². The summed E-state index contributed by atoms with van der Waals surface area (Å²) < 4.78 is 35.6. The summed E-state index contributed by atoms with van der Waals surface area (Å²) >= 11 is 0. The molecule has 2 rings (SSSR count). The molecule has 22 heavy (non-hydrogen) atoms. The van der Waals surface area contributed by atoms with E-state index in [4.69, 9.17) is 17.5 Å². The molecule has 2 aromatic heterocycles. The SMILES string of the molecule is O=S(=O)([O-])[O-].[Fe+2].[O-][n+]1ccccc1SSc1cccc[n+]1[O-]. The van der Waals surface area contributed by atoms with Gasteiger partial charge in [-0.05, 0) is 12.1 Å². The predicted molar refractivity (Wildman–Crippen MR) is 73.0 cm³/mol. The van der Waals surface area contributed by atoms with Crippen molar-refractivity contribution < 1.29 is 44.1 Å². The van der Waals surface area contributed by atoms with Gasteiger partial charge in [0.15, 0.2) is 12.4 Å². The van der Waals surface area contributed by atoms with Gasteiger partial charge < -0.3 is 19.5 Å². The Morgan fingerprint density at radius 2 is 1.14 bits per heavy atom. The summed E-state index contributed by atoms with van der Waals surface area (Å²) in [5.41, 5.74) is 0. The van der Waals surface area contributed by atoms with Crippen LogP contribution in [0.4, 0.5) is 0 Å². The Kier molecular flexibility index (Phi) is 9.44. The van der Waals surface area contributed by atoms with Crippen molar-refractivity contribution in [3.05, 3.63) is 59.2 Å². The van der Waals surface area contributed by atoms with Crippen molar-refractivity contribution in [3.8, 4) is 0 Å². The Labute approximate surface area is 145 Å². The minimum absolute atomic E-state index is 0. The van der Waals surface area contributed by atoms with E-state index in [2.05, 4.69) is 0 Å². The van der Waals surface area contributed by atoms with Gasteiger partial charge in [0.25, 0.3) is 10.1 Å². The molecule has 0 N–H and O–H groups in total. The Hall–Kier alpha value is -1.01. The molecule has 0 aliphatic heterocycles. The summed E-state index contributed by atoms with van der Waals surface area (Å²) in [6.07, 6.45) is 2.86. The van der Waals surface area contributed by atoms with E-state index in [1.165, 1.54) is 34.0 Å². The third-order valence-electron chi connectivity index (χ3n) is 1.79. The first-order valence-electron chi connectivity index (χ1n) is 5.15. The van der Waals surface area contributed by atoms with Crippen molar-refractivity contribution in [3.63, 3.8) is 0 Å². The number of hydrogen-bond acceptors (Lipinski definition) is 8. The molecule has 0 aliphatic rings. The largest absolute Gasteiger partial charge is 2.00 e. The number of aromatic nitrogens is 2. The van der Waals surface area contributed by atoms with Gasteiger partial charge >= 0.3 is 17.1 Å². The molecule has 0 fully saturated rings. The molecule has 0 spiro atoms. The minimum atomic E-state index is -5.17. The van der Waals surface area contributed by atoms with Crippen LogP contribution in [-0.4, -0.2) is 17.5 Å². The third kappa shape index (κ3) is 9.10. The first-order chi connectivity index (χ1) is 9.77. The molecule has 0 saturated carbocycles. The van der Waals surface area contributed by atoms with E-state index in [0.29, 0.717) is 10.1 Å². The number of hydrogen-bond donors (Lipinski definition) is 0. The van der Waals surface area contributed by atoms with Crippen LogP contribution < -0.4 is 9.46 Å². The molecule has 12 heteroatoms. The van der Waals surface area contributed by atoms with Crippen LogP contribution in [0.5, 0.6) is 0 Å². The van der Waals surface area contributed by atoms with E-state index < -0.39 is 10.4 Å². The molecule has 120 valence electrons. The molecule has 0 radical (unpaired) electrons. The first-order valence-corrected chi connectivity index (χ1v) is 8.63. The zero-order valence-corrected chi connectivity index (χ0v) is 14.1. The molecule has 0 aromatic carbocycles. The van der Waals surface area contributed by atoms with Crippen molar-refractivity contribution in [2.75, 3.05) is 0 Å². The average molecular weight is 404 g/mol. The van der Waals surface area contributed by atoms with Crippen LogP contribution in [0.25, 0.3) is 0 Å². The standard InChI is InChI=1S/C10H8N2O2S2.Fe.H2O4S/c13-11-7-3-1-5-9(11)15-16-10-6-2-4-8-12(10)14;;1-5(2,3)4/h1-8H;;(H2,1,2,3,4)/q;+2;/p-2. The van der Waals surface area contributed by atoms with Gasteiger partial charge in [0.2, 0.25) is 0 Å². The zero-order valence-electron chi connectivity index (χ0n) is 10.5. The van der Waals surface area contributed by atoms with Gasteiger partial charge in [0.1, 0.15) is 0 Å². The van der Waals surface area contributed by atoms with E-state index in [0.717, 1.165) is 9.46 Å². The molecular formula is C10H8FeN2O6S3. The maximum absolute atomic E-state index is 11.3. The molecule has 0 unspecified atom stereocenters. The topological polar surface area (TPSA) is 134 Å². The summed E-state index contributed by atoms with van der Waals surface area (Å²) in [7, 11) is -2.65. The van der Waals surface area contributed by atoms with Gasteiger partial charge in [-0.15, -0.1) is 0 Å². The minimum Gasteiger partial charge on any atom is -0.759 e. The van der Waals surface area contributed by atoms with Crippen LogP contribution in [0.1, 0.15) is 0 Å². The van der Waals surface area contributed by atoms with Crippen molar-refractivity contribution in [1.29, 1.82) is 0 Å². The normalized spacial score (nSPS) is 10.1. The van der Waals surface area contributed by atoms with E-state index >= 15 is 0 Å². The van der Waals surface area contributed by atoms with Crippen molar-refractivity contribution in [2.45, 2.75) is 10.1 Å². The average Bonchev–Trinajstić information content (AvgIpc) is 2.37. The van der Waals surface area contributed by atoms with E-state index in [1.807, 2.05) is 0 Å². The van der Waals surface area contributed by atoms with Gasteiger partial charge in [-0.1, -0.05) is 0 Å². The molecule has 0 amide bonds. The second kappa shape index (κ2) is 9.90. The van der Waals surface area contributed by atoms with E-state index in [-0.39, 0.29) is 17.1 Å². The molecule has 0 aliphatic carbocycles. The van der Waals surface area contributed by atoms with Gasteiger partial charge in [-0.2, -0.15) is 9.46 Å². The summed E-state index contributed by atoms with van der Waals surface area (Å²) in [4.78, 5) is 0. The van der Waals surface area contributed by atoms with Gasteiger partial charge in [0.05, 0.1) is 0 Å². The predicted octanol–water partition coefficient (Wildman–Crippen LogP) is 0.412. The molecular weight excluding hydrogens is 396 g/mol. The quantitative estimate of drug-likeness (QED) is 0.179. The second-order valence-electron chi connectivity index (χ2n) is 3.30. The summed E-state index contributed by atoms with van der Waals surface area (Å²) in [5, 5.41) is 23.8. The molecule has 8 nitrogen and oxygen atoms in total. The van der Waals surface area contributed by atoms with Crippen LogP contribution in [0.2, 0.25) is 0 Å². The smallest absolute Gasteiger partial charge is 0.759 e. The zero-order chi connectivity index (χ0) is 15.9. The van der Waals surface area contributed by atoms with Crippen LogP contribution in [0, 0.1) is 10.4 Å². The second-order valence-corrected chi connectivity index (χ2v) is 6.29. The summed E-state index contributed by atoms with van der Waals surface area (Å²) in [6.45, 7) is 0. The summed E-state index contributed by atoms with van der Waals surface area (Å²) in [6, 6.07) is 10.3. The Morgan fingerprint density at radius 3 is 1.41 bits per heavy atom. The molecule has 2 heterocycles. The van der Waals surface area contributed by atoms with Gasteiger partial charge in [-0.25, -0.2) is 0 Å². The van der Waals surface area contributed by atoms with E-state index in [1.54, 1.807) is 36.4 Å². The third-order valence-corrected chi connectivity index (χ3v) is 4.12. The summed E-state index contributed by atoms with van der Waals surface area (Å²) in [5.74, 6) is 0.